The van der Waals surface area contributed by atoms with Crippen molar-refractivity contribution in [1.82, 2.24) is 9.55 Å². The number of para-hydroxylation sites is 4. The number of rotatable bonds is 4. The molecule has 1 N–H and O–H groups in total. The van der Waals surface area contributed by atoms with Gasteiger partial charge in [-0.25, -0.2) is 4.98 Å². The van der Waals surface area contributed by atoms with Gasteiger partial charge in [0.2, 0.25) is 5.91 Å². The highest BCUT2D eigenvalue weighted by Crippen LogP contribution is 2.28. The normalized spacial score (nSPS) is 13.9. The van der Waals surface area contributed by atoms with Crippen molar-refractivity contribution in [2.45, 2.75) is 19.4 Å². The van der Waals surface area contributed by atoms with Crippen molar-refractivity contribution in [3.63, 3.8) is 0 Å². The summed E-state index contributed by atoms with van der Waals surface area (Å²) in [5.74, 6) is -0.227. The van der Waals surface area contributed by atoms with E-state index in [-0.39, 0.29) is 18.0 Å². The molecule has 0 bridgehead atoms. The standard InChI is InChI=1S/C20H20N4O2/c25-19(14-24-18-10-4-1-7-15(18)21-13-20(24)26)22-16-8-2-3-9-17(16)23-11-5-6-12-23/h1-4,7-10,13H,5-6,11-12,14H2,(H,22,25). The van der Waals surface area contributed by atoms with Crippen LogP contribution in [0.2, 0.25) is 0 Å². The van der Waals surface area contributed by atoms with E-state index in [0.29, 0.717) is 11.0 Å². The number of aromatic nitrogens is 2. The molecule has 0 atom stereocenters. The number of anilines is 2. The molecule has 1 amide bonds. The van der Waals surface area contributed by atoms with Crippen LogP contribution >= 0.6 is 0 Å². The van der Waals surface area contributed by atoms with Crippen LogP contribution in [0.4, 0.5) is 11.4 Å². The zero-order chi connectivity index (χ0) is 17.9. The SMILES string of the molecule is O=C(Cn1c(=O)cnc2ccccc21)Nc1ccccc1N1CCCC1. The number of hydrogen-bond acceptors (Lipinski definition) is 4. The number of carbonyl (C=O) groups is 1. The third-order valence-corrected chi connectivity index (χ3v) is 4.68. The van der Waals surface area contributed by atoms with Crippen molar-refractivity contribution in [2.24, 2.45) is 0 Å². The topological polar surface area (TPSA) is 67.2 Å². The minimum absolute atomic E-state index is 0.0454. The largest absolute Gasteiger partial charge is 0.370 e. The molecular weight excluding hydrogens is 328 g/mol. The fourth-order valence-electron chi connectivity index (χ4n) is 3.42. The van der Waals surface area contributed by atoms with Crippen molar-refractivity contribution < 1.29 is 4.79 Å². The molecule has 2 heterocycles. The second kappa shape index (κ2) is 7.00. The maximum absolute atomic E-state index is 12.6. The molecule has 26 heavy (non-hydrogen) atoms. The summed E-state index contributed by atoms with van der Waals surface area (Å²) in [5.41, 5.74) is 2.88. The van der Waals surface area contributed by atoms with Crippen molar-refractivity contribution in [3.8, 4) is 0 Å². The maximum Gasteiger partial charge on any atom is 0.269 e. The van der Waals surface area contributed by atoms with Crippen LogP contribution in [0.25, 0.3) is 11.0 Å². The van der Waals surface area contributed by atoms with Crippen LogP contribution in [-0.2, 0) is 11.3 Å². The van der Waals surface area contributed by atoms with Crippen LogP contribution in [0.3, 0.4) is 0 Å². The van der Waals surface area contributed by atoms with Crippen LogP contribution in [-0.4, -0.2) is 28.5 Å². The zero-order valence-electron chi connectivity index (χ0n) is 14.4. The number of nitrogens with zero attached hydrogens (tertiary/aromatic N) is 3. The summed E-state index contributed by atoms with van der Waals surface area (Å²) in [4.78, 5) is 31.3. The molecule has 0 spiro atoms. The summed E-state index contributed by atoms with van der Waals surface area (Å²) in [6.07, 6.45) is 3.59. The van der Waals surface area contributed by atoms with Crippen LogP contribution in [0.15, 0.2) is 59.5 Å². The minimum Gasteiger partial charge on any atom is -0.370 e. The number of nitrogens with one attached hydrogen (secondary N) is 1. The molecule has 2 aromatic carbocycles. The first-order valence-corrected chi connectivity index (χ1v) is 8.81. The van der Waals surface area contributed by atoms with Gasteiger partial charge in [0.05, 0.1) is 28.6 Å². The number of hydrogen-bond donors (Lipinski definition) is 1. The Balaban J connectivity index is 1.59. The third-order valence-electron chi connectivity index (χ3n) is 4.68. The number of fused-ring (bicyclic) bond motifs is 1. The highest BCUT2D eigenvalue weighted by atomic mass is 16.2. The fourth-order valence-corrected chi connectivity index (χ4v) is 3.42. The summed E-state index contributed by atoms with van der Waals surface area (Å²) in [5, 5.41) is 2.97. The van der Waals surface area contributed by atoms with Gasteiger partial charge >= 0.3 is 0 Å². The summed E-state index contributed by atoms with van der Waals surface area (Å²) in [6, 6.07) is 15.1. The molecule has 3 aromatic rings. The van der Waals surface area contributed by atoms with Gasteiger partial charge in [-0.1, -0.05) is 24.3 Å². The summed E-state index contributed by atoms with van der Waals surface area (Å²) < 4.78 is 1.45. The average Bonchev–Trinajstić information content (AvgIpc) is 3.19. The Bertz CT molecular complexity index is 1010. The highest BCUT2D eigenvalue weighted by Gasteiger charge is 2.17. The van der Waals surface area contributed by atoms with E-state index >= 15 is 0 Å². The molecule has 0 aliphatic carbocycles. The van der Waals surface area contributed by atoms with Gasteiger partial charge in [-0.3, -0.25) is 14.2 Å². The first-order valence-electron chi connectivity index (χ1n) is 8.81. The first kappa shape index (κ1) is 16.3. The van der Waals surface area contributed by atoms with E-state index in [1.807, 2.05) is 42.5 Å². The molecule has 6 nitrogen and oxygen atoms in total. The average molecular weight is 348 g/mol. The number of carbonyl (C=O) groups excluding carboxylic acids is 1. The second-order valence-corrected chi connectivity index (χ2v) is 6.43. The lowest BCUT2D eigenvalue weighted by Crippen LogP contribution is -2.28. The highest BCUT2D eigenvalue weighted by molar-refractivity contribution is 5.95. The van der Waals surface area contributed by atoms with Gasteiger partial charge in [-0.15, -0.1) is 0 Å². The van der Waals surface area contributed by atoms with Crippen LogP contribution in [0.5, 0.6) is 0 Å². The quantitative estimate of drug-likeness (QED) is 0.787. The molecule has 0 saturated carbocycles. The Kier molecular flexibility index (Phi) is 4.39. The van der Waals surface area contributed by atoms with E-state index in [1.54, 1.807) is 6.07 Å². The van der Waals surface area contributed by atoms with Gasteiger partial charge in [0.15, 0.2) is 0 Å². The molecule has 1 aliphatic rings. The van der Waals surface area contributed by atoms with E-state index in [1.165, 1.54) is 23.6 Å². The predicted molar refractivity (Wildman–Crippen MR) is 103 cm³/mol. The van der Waals surface area contributed by atoms with Crippen molar-refractivity contribution in [1.29, 1.82) is 0 Å². The van der Waals surface area contributed by atoms with E-state index in [9.17, 15) is 9.59 Å². The van der Waals surface area contributed by atoms with E-state index < -0.39 is 0 Å². The fraction of sp³-hybridized carbons (Fsp3) is 0.250. The Hall–Kier alpha value is -3.15. The first-order chi connectivity index (χ1) is 12.7. The van der Waals surface area contributed by atoms with Gasteiger partial charge in [-0.05, 0) is 37.1 Å². The summed E-state index contributed by atoms with van der Waals surface area (Å²) in [6.45, 7) is 1.96. The summed E-state index contributed by atoms with van der Waals surface area (Å²) in [7, 11) is 0. The maximum atomic E-state index is 12.6. The monoisotopic (exact) mass is 348 g/mol. The molecule has 132 valence electrons. The molecule has 6 heteroatoms. The molecule has 0 unspecified atom stereocenters. The molecule has 1 aliphatic heterocycles. The zero-order valence-corrected chi connectivity index (χ0v) is 14.4. The Morgan fingerprint density at radius 3 is 2.62 bits per heavy atom. The molecule has 1 fully saturated rings. The van der Waals surface area contributed by atoms with Crippen molar-refractivity contribution >= 4 is 28.3 Å². The molecular formula is C20H20N4O2. The Labute approximate surface area is 151 Å². The lowest BCUT2D eigenvalue weighted by molar-refractivity contribution is -0.116. The Morgan fingerprint density at radius 1 is 1.04 bits per heavy atom. The van der Waals surface area contributed by atoms with Gasteiger partial charge in [0, 0.05) is 13.1 Å². The Morgan fingerprint density at radius 2 is 1.77 bits per heavy atom. The smallest absolute Gasteiger partial charge is 0.269 e. The van der Waals surface area contributed by atoms with Gasteiger partial charge in [0.1, 0.15) is 6.54 Å². The second-order valence-electron chi connectivity index (χ2n) is 6.43. The number of benzene rings is 2. The van der Waals surface area contributed by atoms with Gasteiger partial charge in [0.25, 0.3) is 5.56 Å². The van der Waals surface area contributed by atoms with E-state index in [4.69, 9.17) is 0 Å². The van der Waals surface area contributed by atoms with E-state index in [2.05, 4.69) is 15.2 Å². The molecule has 0 radical (unpaired) electrons. The van der Waals surface area contributed by atoms with Crippen molar-refractivity contribution in [2.75, 3.05) is 23.3 Å². The van der Waals surface area contributed by atoms with Gasteiger partial charge in [-0.2, -0.15) is 0 Å². The third kappa shape index (κ3) is 3.18. The van der Waals surface area contributed by atoms with Crippen LogP contribution in [0, 0.1) is 0 Å². The van der Waals surface area contributed by atoms with Crippen LogP contribution < -0.4 is 15.8 Å². The van der Waals surface area contributed by atoms with Gasteiger partial charge < -0.3 is 10.2 Å². The van der Waals surface area contributed by atoms with Crippen molar-refractivity contribution in [3.05, 3.63) is 65.1 Å². The van der Waals surface area contributed by atoms with E-state index in [0.717, 1.165) is 24.5 Å². The molecule has 4 rings (SSSR count). The predicted octanol–water partition coefficient (Wildman–Crippen LogP) is 2.64. The minimum atomic E-state index is -0.285. The lowest BCUT2D eigenvalue weighted by Gasteiger charge is -2.21. The number of amides is 1. The summed E-state index contributed by atoms with van der Waals surface area (Å²) >= 11 is 0. The van der Waals surface area contributed by atoms with Crippen LogP contribution in [0.1, 0.15) is 12.8 Å². The molecule has 1 saturated heterocycles. The lowest BCUT2D eigenvalue weighted by atomic mass is 10.2. The molecule has 1 aromatic heterocycles.